The number of aromatic nitrogens is 7. The van der Waals surface area contributed by atoms with E-state index in [0.717, 1.165) is 44.6 Å². The molecule has 3 aromatic heterocycles. The van der Waals surface area contributed by atoms with E-state index < -0.39 is 0 Å². The van der Waals surface area contributed by atoms with E-state index in [4.69, 9.17) is 9.72 Å². The molecule has 0 amide bonds. The monoisotopic (exact) mass is 398 g/mol. The molecular formula is C21H18N8O. The molecule has 5 rings (SSSR count). The summed E-state index contributed by atoms with van der Waals surface area (Å²) in [5.41, 5.74) is 5.29. The number of ether oxygens (including phenoxy) is 1. The molecular weight excluding hydrogens is 380 g/mol. The van der Waals surface area contributed by atoms with Gasteiger partial charge in [-0.3, -0.25) is 0 Å². The van der Waals surface area contributed by atoms with Crippen LogP contribution in [0.1, 0.15) is 34.3 Å². The average molecular weight is 398 g/mol. The number of nitrogens with zero attached hydrogens (tertiary/aromatic N) is 5. The molecule has 0 aliphatic heterocycles. The largest absolute Gasteiger partial charge is 0.496 e. The van der Waals surface area contributed by atoms with Gasteiger partial charge in [0.2, 0.25) is 0 Å². The van der Waals surface area contributed by atoms with Crippen molar-refractivity contribution in [2.24, 2.45) is 0 Å². The molecule has 5 aromatic rings. The number of nitrogens with one attached hydrogen (secondary N) is 3. The summed E-state index contributed by atoms with van der Waals surface area (Å²) < 4.78 is 5.77. The molecule has 0 aliphatic carbocycles. The van der Waals surface area contributed by atoms with Gasteiger partial charge in [-0.1, -0.05) is 5.21 Å². The van der Waals surface area contributed by atoms with Crippen molar-refractivity contribution in [2.75, 3.05) is 7.11 Å². The van der Waals surface area contributed by atoms with E-state index in [0.29, 0.717) is 17.8 Å². The molecule has 9 heteroatoms. The van der Waals surface area contributed by atoms with E-state index in [9.17, 15) is 5.26 Å². The molecule has 0 fully saturated rings. The summed E-state index contributed by atoms with van der Waals surface area (Å²) in [6.45, 7) is 2.05. The molecule has 3 heterocycles. The number of rotatable bonds is 5. The molecule has 0 saturated carbocycles. The molecule has 1 unspecified atom stereocenters. The van der Waals surface area contributed by atoms with Gasteiger partial charge in [0, 0.05) is 29.1 Å². The molecule has 3 N–H and O–H groups in total. The number of tetrazole rings is 1. The minimum atomic E-state index is -0.214. The van der Waals surface area contributed by atoms with E-state index in [2.05, 4.69) is 36.7 Å². The van der Waals surface area contributed by atoms with Crippen molar-refractivity contribution in [3.8, 4) is 11.8 Å². The topological polar surface area (TPSA) is 132 Å². The summed E-state index contributed by atoms with van der Waals surface area (Å²) in [6, 6.07) is 11.6. The fourth-order valence-corrected chi connectivity index (χ4v) is 3.97. The van der Waals surface area contributed by atoms with Crippen LogP contribution in [0.15, 0.2) is 36.5 Å². The number of methoxy groups -OCH3 is 1. The van der Waals surface area contributed by atoms with E-state index >= 15 is 0 Å². The molecule has 0 radical (unpaired) electrons. The van der Waals surface area contributed by atoms with Crippen LogP contribution < -0.4 is 4.74 Å². The lowest BCUT2D eigenvalue weighted by molar-refractivity contribution is 0.407. The van der Waals surface area contributed by atoms with Crippen LogP contribution in [0.5, 0.6) is 5.75 Å². The third-order valence-electron chi connectivity index (χ3n) is 5.35. The normalized spacial score (nSPS) is 12.3. The fourth-order valence-electron chi connectivity index (χ4n) is 3.97. The highest BCUT2D eigenvalue weighted by molar-refractivity contribution is 5.89. The summed E-state index contributed by atoms with van der Waals surface area (Å²) >= 11 is 0. The highest BCUT2D eigenvalue weighted by Crippen LogP contribution is 2.40. The van der Waals surface area contributed by atoms with Gasteiger partial charge in [0.25, 0.3) is 0 Å². The van der Waals surface area contributed by atoms with E-state index in [1.807, 2.05) is 31.3 Å². The van der Waals surface area contributed by atoms with Crippen LogP contribution in [0.3, 0.4) is 0 Å². The lowest BCUT2D eigenvalue weighted by atomic mass is 9.89. The second-order valence-corrected chi connectivity index (χ2v) is 7.13. The van der Waals surface area contributed by atoms with Gasteiger partial charge in [0.15, 0.2) is 5.82 Å². The molecule has 1 atom stereocenters. The van der Waals surface area contributed by atoms with E-state index in [-0.39, 0.29) is 5.92 Å². The van der Waals surface area contributed by atoms with Crippen LogP contribution in [-0.4, -0.2) is 42.7 Å². The first-order valence-electron chi connectivity index (χ1n) is 9.44. The lowest BCUT2D eigenvalue weighted by Gasteiger charge is -2.19. The fraction of sp³-hybridized carbons (Fsp3) is 0.190. The standard InChI is InChI=1S/C21H18N8O/c1-11-7-17(30-2)19(13-5-6-23-20(11)13)14(9-18-26-28-29-27-18)21-24-15-4-3-12(10-22)8-16(15)25-21/h3-8,14,23H,9H2,1-2H3,(H,24,25)(H,26,27,28,29). The zero-order valence-electron chi connectivity index (χ0n) is 16.4. The summed E-state index contributed by atoms with van der Waals surface area (Å²) in [7, 11) is 1.67. The van der Waals surface area contributed by atoms with Crippen molar-refractivity contribution in [3.63, 3.8) is 0 Å². The molecule has 0 aliphatic rings. The molecule has 30 heavy (non-hydrogen) atoms. The number of hydrogen-bond acceptors (Lipinski definition) is 6. The number of aromatic amines is 3. The minimum Gasteiger partial charge on any atom is -0.496 e. The summed E-state index contributed by atoms with van der Waals surface area (Å²) in [5.74, 6) is 1.87. The Morgan fingerprint density at radius 1 is 1.23 bits per heavy atom. The zero-order valence-corrected chi connectivity index (χ0v) is 16.4. The van der Waals surface area contributed by atoms with Gasteiger partial charge in [-0.25, -0.2) is 4.98 Å². The van der Waals surface area contributed by atoms with Gasteiger partial charge in [0.05, 0.1) is 35.7 Å². The maximum Gasteiger partial charge on any atom is 0.175 e. The second kappa shape index (κ2) is 7.00. The first-order chi connectivity index (χ1) is 14.7. The Balaban J connectivity index is 1.75. The zero-order chi connectivity index (χ0) is 20.7. The number of aryl methyl sites for hydroxylation is 1. The Morgan fingerprint density at radius 2 is 2.13 bits per heavy atom. The smallest absolute Gasteiger partial charge is 0.175 e. The van der Waals surface area contributed by atoms with Crippen LogP contribution in [0.4, 0.5) is 0 Å². The number of benzene rings is 2. The van der Waals surface area contributed by atoms with Crippen molar-refractivity contribution >= 4 is 21.9 Å². The summed E-state index contributed by atoms with van der Waals surface area (Å²) in [6.07, 6.45) is 2.39. The maximum absolute atomic E-state index is 9.22. The third-order valence-corrected chi connectivity index (χ3v) is 5.35. The molecule has 148 valence electrons. The predicted molar refractivity (Wildman–Crippen MR) is 110 cm³/mol. The number of H-pyrrole nitrogens is 3. The number of fused-ring (bicyclic) bond motifs is 2. The van der Waals surface area contributed by atoms with E-state index in [1.165, 1.54) is 0 Å². The average Bonchev–Trinajstić information content (AvgIpc) is 3.51. The Bertz CT molecular complexity index is 1390. The minimum absolute atomic E-state index is 0.214. The number of hydrogen-bond donors (Lipinski definition) is 3. The SMILES string of the molecule is COc1cc(C)c2[nH]ccc2c1C(Cc1nn[nH]n1)c1nc2cc(C#N)ccc2[nH]1. The maximum atomic E-state index is 9.22. The Morgan fingerprint density at radius 3 is 2.90 bits per heavy atom. The lowest BCUT2D eigenvalue weighted by Crippen LogP contribution is -2.11. The van der Waals surface area contributed by atoms with Gasteiger partial charge in [0.1, 0.15) is 11.6 Å². The van der Waals surface area contributed by atoms with Gasteiger partial charge < -0.3 is 14.7 Å². The van der Waals surface area contributed by atoms with Crippen molar-refractivity contribution < 1.29 is 4.74 Å². The van der Waals surface area contributed by atoms with Crippen LogP contribution >= 0.6 is 0 Å². The predicted octanol–water partition coefficient (Wildman–Crippen LogP) is 3.12. The van der Waals surface area contributed by atoms with Crippen LogP contribution in [0.2, 0.25) is 0 Å². The second-order valence-electron chi connectivity index (χ2n) is 7.13. The number of imidazole rings is 1. The van der Waals surface area contributed by atoms with Crippen LogP contribution in [0.25, 0.3) is 21.9 Å². The third kappa shape index (κ3) is 2.86. The molecule has 0 bridgehead atoms. The van der Waals surface area contributed by atoms with Crippen molar-refractivity contribution in [2.45, 2.75) is 19.3 Å². The highest BCUT2D eigenvalue weighted by atomic mass is 16.5. The quantitative estimate of drug-likeness (QED) is 0.417. The summed E-state index contributed by atoms with van der Waals surface area (Å²) in [4.78, 5) is 11.5. The van der Waals surface area contributed by atoms with Crippen molar-refractivity contribution in [3.05, 3.63) is 64.9 Å². The summed E-state index contributed by atoms with van der Waals surface area (Å²) in [5, 5.41) is 24.8. The highest BCUT2D eigenvalue weighted by Gasteiger charge is 2.27. The Kier molecular flexibility index (Phi) is 4.17. The molecule has 2 aromatic carbocycles. The van der Waals surface area contributed by atoms with Gasteiger partial charge in [-0.2, -0.15) is 10.5 Å². The molecule has 0 spiro atoms. The van der Waals surface area contributed by atoms with Crippen molar-refractivity contribution in [1.29, 1.82) is 5.26 Å². The Labute approximate surface area is 171 Å². The Hall–Kier alpha value is -4.19. The molecule has 0 saturated heterocycles. The first-order valence-corrected chi connectivity index (χ1v) is 9.44. The van der Waals surface area contributed by atoms with Crippen LogP contribution in [-0.2, 0) is 6.42 Å². The van der Waals surface area contributed by atoms with Crippen LogP contribution in [0, 0.1) is 18.3 Å². The molecule has 9 nitrogen and oxygen atoms in total. The van der Waals surface area contributed by atoms with Gasteiger partial charge in [-0.05, 0) is 42.8 Å². The van der Waals surface area contributed by atoms with Gasteiger partial charge in [-0.15, -0.1) is 10.2 Å². The van der Waals surface area contributed by atoms with Crippen molar-refractivity contribution in [1.82, 2.24) is 35.6 Å². The van der Waals surface area contributed by atoms with Gasteiger partial charge >= 0.3 is 0 Å². The number of nitriles is 1. The first kappa shape index (κ1) is 17.9. The van der Waals surface area contributed by atoms with E-state index in [1.54, 1.807) is 19.2 Å².